The standard InChI is InChI=1S/C29H33NSi/c1-20-15-23(17-24(16-20)29(2,3)4)26-14-13-22-18-28(31(5,6)7)25(19-27(22)30-26)21-11-9-8-10-12-21/h8-19H,1-7H3. The van der Waals surface area contributed by atoms with Crippen LogP contribution in [0.25, 0.3) is 33.3 Å². The molecule has 0 fully saturated rings. The first kappa shape index (κ1) is 21.5. The number of aromatic nitrogens is 1. The van der Waals surface area contributed by atoms with Crippen LogP contribution in [-0.4, -0.2) is 13.1 Å². The van der Waals surface area contributed by atoms with Crippen molar-refractivity contribution in [2.45, 2.75) is 52.8 Å². The summed E-state index contributed by atoms with van der Waals surface area (Å²) in [6.45, 7) is 16.2. The van der Waals surface area contributed by atoms with E-state index >= 15 is 0 Å². The molecule has 0 N–H and O–H groups in total. The monoisotopic (exact) mass is 423 g/mol. The van der Waals surface area contributed by atoms with Gasteiger partial charge in [0.25, 0.3) is 0 Å². The van der Waals surface area contributed by atoms with Gasteiger partial charge in [0.1, 0.15) is 0 Å². The van der Waals surface area contributed by atoms with Gasteiger partial charge in [0.15, 0.2) is 0 Å². The number of nitrogens with zero attached hydrogens (tertiary/aromatic N) is 1. The van der Waals surface area contributed by atoms with E-state index in [0.717, 1.165) is 11.2 Å². The summed E-state index contributed by atoms with van der Waals surface area (Å²) in [5.41, 5.74) is 8.66. The third-order valence-corrected chi connectivity index (χ3v) is 7.99. The predicted octanol–water partition coefficient (Wildman–Crippen LogP) is 7.72. The van der Waals surface area contributed by atoms with Crippen LogP contribution in [0.2, 0.25) is 19.6 Å². The van der Waals surface area contributed by atoms with Gasteiger partial charge in [-0.2, -0.15) is 0 Å². The van der Waals surface area contributed by atoms with Crippen LogP contribution in [0.1, 0.15) is 31.9 Å². The second-order valence-corrected chi connectivity index (χ2v) is 15.8. The highest BCUT2D eigenvalue weighted by atomic mass is 28.3. The molecule has 3 aromatic carbocycles. The minimum Gasteiger partial charge on any atom is -0.248 e. The minimum absolute atomic E-state index is 0.115. The Morgan fingerprint density at radius 2 is 1.45 bits per heavy atom. The van der Waals surface area contributed by atoms with Crippen molar-refractivity contribution in [3.05, 3.63) is 83.9 Å². The first-order chi connectivity index (χ1) is 14.5. The van der Waals surface area contributed by atoms with Crippen LogP contribution >= 0.6 is 0 Å². The zero-order valence-electron chi connectivity index (χ0n) is 19.9. The van der Waals surface area contributed by atoms with Crippen molar-refractivity contribution in [2.24, 2.45) is 0 Å². The fraction of sp³-hybridized carbons (Fsp3) is 0.276. The molecule has 1 nitrogen and oxygen atoms in total. The van der Waals surface area contributed by atoms with E-state index in [1.165, 1.54) is 38.4 Å². The average molecular weight is 424 g/mol. The fourth-order valence-electron chi connectivity index (χ4n) is 4.17. The predicted molar refractivity (Wildman–Crippen MR) is 139 cm³/mol. The SMILES string of the molecule is Cc1cc(-c2ccc3cc([Si](C)(C)C)c(-c4ccccc4)cc3n2)cc(C(C)(C)C)c1. The summed E-state index contributed by atoms with van der Waals surface area (Å²) in [7, 11) is -1.52. The van der Waals surface area contributed by atoms with E-state index in [0.29, 0.717) is 0 Å². The highest BCUT2D eigenvalue weighted by Gasteiger charge is 2.22. The molecular weight excluding hydrogens is 390 g/mol. The van der Waals surface area contributed by atoms with E-state index in [1.807, 2.05) is 0 Å². The molecule has 4 rings (SSSR count). The molecule has 0 aliphatic rings. The van der Waals surface area contributed by atoms with Crippen LogP contribution in [0.4, 0.5) is 0 Å². The summed E-state index contributed by atoms with van der Waals surface area (Å²) < 4.78 is 0. The van der Waals surface area contributed by atoms with Gasteiger partial charge in [-0.25, -0.2) is 4.98 Å². The van der Waals surface area contributed by atoms with Gasteiger partial charge < -0.3 is 0 Å². The normalized spacial score (nSPS) is 12.4. The molecule has 0 aliphatic carbocycles. The van der Waals surface area contributed by atoms with Crippen molar-refractivity contribution in [3.63, 3.8) is 0 Å². The summed E-state index contributed by atoms with van der Waals surface area (Å²) in [6, 6.07) is 26.7. The zero-order chi connectivity index (χ0) is 22.4. The number of hydrogen-bond acceptors (Lipinski definition) is 1. The van der Waals surface area contributed by atoms with Crippen LogP contribution in [0, 0.1) is 6.92 Å². The van der Waals surface area contributed by atoms with E-state index in [1.54, 1.807) is 0 Å². The fourth-order valence-corrected chi connectivity index (χ4v) is 5.79. The Balaban J connectivity index is 1.92. The van der Waals surface area contributed by atoms with Crippen molar-refractivity contribution in [2.75, 3.05) is 0 Å². The van der Waals surface area contributed by atoms with Gasteiger partial charge in [0, 0.05) is 10.9 Å². The molecule has 0 radical (unpaired) electrons. The first-order valence-corrected chi connectivity index (χ1v) is 14.7. The molecule has 0 unspecified atom stereocenters. The molecule has 158 valence electrons. The lowest BCUT2D eigenvalue weighted by atomic mass is 9.85. The van der Waals surface area contributed by atoms with Crippen LogP contribution < -0.4 is 5.19 Å². The lowest BCUT2D eigenvalue weighted by Crippen LogP contribution is -2.39. The van der Waals surface area contributed by atoms with Gasteiger partial charge in [-0.1, -0.05) is 99.7 Å². The smallest absolute Gasteiger partial charge is 0.0784 e. The molecule has 0 saturated carbocycles. The molecule has 2 heteroatoms. The first-order valence-electron chi connectivity index (χ1n) is 11.2. The summed E-state index contributed by atoms with van der Waals surface area (Å²) >= 11 is 0. The highest BCUT2D eigenvalue weighted by Crippen LogP contribution is 2.31. The van der Waals surface area contributed by atoms with Crippen LogP contribution in [-0.2, 0) is 5.41 Å². The molecule has 1 aromatic heterocycles. The molecule has 0 spiro atoms. The quantitative estimate of drug-likeness (QED) is 0.307. The van der Waals surface area contributed by atoms with Crippen LogP contribution in [0.3, 0.4) is 0 Å². The van der Waals surface area contributed by atoms with E-state index in [-0.39, 0.29) is 5.41 Å². The zero-order valence-corrected chi connectivity index (χ0v) is 20.9. The maximum Gasteiger partial charge on any atom is 0.0784 e. The Morgan fingerprint density at radius 1 is 0.742 bits per heavy atom. The number of aryl methyl sites for hydroxylation is 1. The number of hydrogen-bond donors (Lipinski definition) is 0. The minimum atomic E-state index is -1.52. The van der Waals surface area contributed by atoms with Gasteiger partial charge in [-0.15, -0.1) is 0 Å². The van der Waals surface area contributed by atoms with Gasteiger partial charge in [-0.3, -0.25) is 0 Å². The van der Waals surface area contributed by atoms with E-state index in [2.05, 4.69) is 120 Å². The molecule has 0 saturated heterocycles. The molecule has 0 bridgehead atoms. The highest BCUT2D eigenvalue weighted by molar-refractivity contribution is 6.89. The van der Waals surface area contributed by atoms with Crippen LogP contribution in [0.5, 0.6) is 0 Å². The van der Waals surface area contributed by atoms with Gasteiger partial charge in [0.05, 0.1) is 19.3 Å². The number of pyridine rings is 1. The van der Waals surface area contributed by atoms with Crippen molar-refractivity contribution in [3.8, 4) is 22.4 Å². The lowest BCUT2D eigenvalue weighted by molar-refractivity contribution is 0.590. The maximum absolute atomic E-state index is 5.13. The molecular formula is C29H33NSi. The van der Waals surface area contributed by atoms with Crippen molar-refractivity contribution in [1.82, 2.24) is 4.98 Å². The molecule has 0 atom stereocenters. The Bertz CT molecular complexity index is 1240. The maximum atomic E-state index is 5.13. The van der Waals surface area contributed by atoms with Crippen molar-refractivity contribution in [1.29, 1.82) is 0 Å². The Labute approximate surface area is 188 Å². The van der Waals surface area contributed by atoms with Gasteiger partial charge >= 0.3 is 0 Å². The van der Waals surface area contributed by atoms with Gasteiger partial charge in [0.2, 0.25) is 0 Å². The van der Waals surface area contributed by atoms with E-state index < -0.39 is 8.07 Å². The second-order valence-electron chi connectivity index (χ2n) is 10.7. The number of benzene rings is 3. The number of fused-ring (bicyclic) bond motifs is 1. The Kier molecular flexibility index (Phi) is 5.39. The summed E-state index contributed by atoms with van der Waals surface area (Å²) in [6.07, 6.45) is 0. The molecule has 31 heavy (non-hydrogen) atoms. The molecule has 1 heterocycles. The second kappa shape index (κ2) is 7.76. The topological polar surface area (TPSA) is 12.9 Å². The lowest BCUT2D eigenvalue weighted by Gasteiger charge is -2.23. The number of rotatable bonds is 3. The van der Waals surface area contributed by atoms with Crippen LogP contribution in [0.15, 0.2) is 72.8 Å². The summed E-state index contributed by atoms with van der Waals surface area (Å²) in [4.78, 5) is 5.13. The van der Waals surface area contributed by atoms with Gasteiger partial charge in [-0.05, 0) is 53.3 Å². The van der Waals surface area contributed by atoms with Crippen molar-refractivity contribution >= 4 is 24.2 Å². The third-order valence-electron chi connectivity index (χ3n) is 5.96. The molecule has 0 amide bonds. The van der Waals surface area contributed by atoms with Crippen molar-refractivity contribution < 1.29 is 0 Å². The molecule has 0 aliphatic heterocycles. The summed E-state index contributed by atoms with van der Waals surface area (Å²) in [5, 5.41) is 2.72. The molecule has 4 aromatic rings. The Morgan fingerprint density at radius 3 is 2.10 bits per heavy atom. The summed E-state index contributed by atoms with van der Waals surface area (Å²) in [5.74, 6) is 0. The average Bonchev–Trinajstić information content (AvgIpc) is 2.71. The largest absolute Gasteiger partial charge is 0.248 e. The van der Waals surface area contributed by atoms with E-state index in [9.17, 15) is 0 Å². The van der Waals surface area contributed by atoms with E-state index in [4.69, 9.17) is 4.98 Å². The Hall–Kier alpha value is -2.71. The third kappa shape index (κ3) is 4.50.